The molecule has 1 heterocycles. The molecule has 1 aromatic heterocycles. The van der Waals surface area contributed by atoms with E-state index in [1.807, 2.05) is 13.0 Å². The first-order valence-corrected chi connectivity index (χ1v) is 8.72. The highest BCUT2D eigenvalue weighted by Gasteiger charge is 2.14. The van der Waals surface area contributed by atoms with Gasteiger partial charge < -0.3 is 5.32 Å². The number of hydrogen-bond acceptors (Lipinski definition) is 4. The number of rotatable bonds is 6. The van der Waals surface area contributed by atoms with Crippen molar-refractivity contribution >= 4 is 33.3 Å². The highest BCUT2D eigenvalue weighted by Crippen LogP contribution is 2.15. The van der Waals surface area contributed by atoms with Crippen molar-refractivity contribution in [1.29, 1.82) is 0 Å². The predicted octanol–water partition coefficient (Wildman–Crippen LogP) is 2.35. The summed E-state index contributed by atoms with van der Waals surface area (Å²) in [4.78, 5) is 16.0. The van der Waals surface area contributed by atoms with Crippen LogP contribution in [0.5, 0.6) is 0 Å². The van der Waals surface area contributed by atoms with Crippen molar-refractivity contribution in [2.75, 3.05) is 11.9 Å². The quantitative estimate of drug-likeness (QED) is 0.834. The zero-order valence-electron chi connectivity index (χ0n) is 12.4. The molecule has 23 heavy (non-hydrogen) atoms. The molecule has 2 rings (SSSR count). The van der Waals surface area contributed by atoms with Crippen LogP contribution in [-0.4, -0.2) is 25.9 Å². The van der Waals surface area contributed by atoms with Gasteiger partial charge in [-0.15, -0.1) is 0 Å². The first kappa shape index (κ1) is 17.4. The number of hydrogen-bond donors (Lipinski definition) is 2. The molecule has 2 aromatic rings. The Morgan fingerprint density at radius 2 is 1.96 bits per heavy atom. The zero-order chi connectivity index (χ0) is 16.9. The second-order valence-electron chi connectivity index (χ2n) is 4.82. The Morgan fingerprint density at radius 3 is 2.65 bits per heavy atom. The van der Waals surface area contributed by atoms with E-state index in [2.05, 4.69) is 15.0 Å². The lowest BCUT2D eigenvalue weighted by atomic mass is 10.3. The molecule has 0 saturated carbocycles. The second kappa shape index (κ2) is 7.54. The van der Waals surface area contributed by atoms with E-state index >= 15 is 0 Å². The van der Waals surface area contributed by atoms with Gasteiger partial charge in [-0.3, -0.25) is 4.79 Å². The number of nitrogens with zero attached hydrogens (tertiary/aromatic N) is 1. The minimum absolute atomic E-state index is 0.00455. The maximum atomic E-state index is 12.1. The summed E-state index contributed by atoms with van der Waals surface area (Å²) in [6.07, 6.45) is -0.00455. The first-order valence-electron chi connectivity index (χ1n) is 6.85. The Labute approximate surface area is 139 Å². The van der Waals surface area contributed by atoms with Crippen LogP contribution in [0, 0.1) is 6.92 Å². The third-order valence-electron chi connectivity index (χ3n) is 2.91. The second-order valence-corrected chi connectivity index (χ2v) is 7.02. The van der Waals surface area contributed by atoms with Gasteiger partial charge in [0.25, 0.3) is 0 Å². The minimum atomic E-state index is -3.69. The van der Waals surface area contributed by atoms with Crippen LogP contribution in [0.4, 0.5) is 5.82 Å². The first-order chi connectivity index (χ1) is 10.9. The van der Waals surface area contributed by atoms with Crippen LogP contribution in [0.2, 0.25) is 5.02 Å². The average molecular weight is 354 g/mol. The van der Waals surface area contributed by atoms with E-state index in [1.165, 1.54) is 12.1 Å². The fraction of sp³-hybridized carbons (Fsp3) is 0.200. The Morgan fingerprint density at radius 1 is 1.22 bits per heavy atom. The van der Waals surface area contributed by atoms with E-state index < -0.39 is 10.0 Å². The summed E-state index contributed by atoms with van der Waals surface area (Å²) < 4.78 is 26.5. The maximum Gasteiger partial charge on any atom is 0.240 e. The molecule has 0 aliphatic heterocycles. The van der Waals surface area contributed by atoms with Crippen LogP contribution in [0.1, 0.15) is 12.1 Å². The van der Waals surface area contributed by atoms with Gasteiger partial charge in [-0.2, -0.15) is 0 Å². The van der Waals surface area contributed by atoms with E-state index in [0.29, 0.717) is 10.8 Å². The molecule has 8 heteroatoms. The lowest BCUT2D eigenvalue weighted by Crippen LogP contribution is -2.28. The summed E-state index contributed by atoms with van der Waals surface area (Å²) in [6.45, 7) is 1.79. The van der Waals surface area contributed by atoms with Crippen molar-refractivity contribution in [2.45, 2.75) is 18.2 Å². The van der Waals surface area contributed by atoms with E-state index in [9.17, 15) is 13.2 Å². The van der Waals surface area contributed by atoms with Crippen molar-refractivity contribution in [2.24, 2.45) is 0 Å². The molecule has 1 amide bonds. The smallest absolute Gasteiger partial charge is 0.240 e. The molecule has 0 bridgehead atoms. The number of sulfonamides is 1. The summed E-state index contributed by atoms with van der Waals surface area (Å²) in [5.41, 5.74) is 0.782. The lowest BCUT2D eigenvalue weighted by molar-refractivity contribution is -0.116. The Bertz CT molecular complexity index is 809. The van der Waals surface area contributed by atoms with Gasteiger partial charge in [0.15, 0.2) is 0 Å². The monoisotopic (exact) mass is 353 g/mol. The number of pyridine rings is 1. The van der Waals surface area contributed by atoms with Gasteiger partial charge in [0.1, 0.15) is 5.82 Å². The third kappa shape index (κ3) is 5.31. The highest BCUT2D eigenvalue weighted by atomic mass is 35.5. The van der Waals surface area contributed by atoms with Gasteiger partial charge >= 0.3 is 0 Å². The predicted molar refractivity (Wildman–Crippen MR) is 88.9 cm³/mol. The van der Waals surface area contributed by atoms with Gasteiger partial charge in [0.05, 0.1) is 4.90 Å². The van der Waals surface area contributed by atoms with Crippen LogP contribution in [0.15, 0.2) is 47.4 Å². The molecule has 0 unspecified atom stereocenters. The fourth-order valence-electron chi connectivity index (χ4n) is 1.83. The summed E-state index contributed by atoms with van der Waals surface area (Å²) in [5, 5.41) is 2.94. The molecule has 122 valence electrons. The SMILES string of the molecule is Cc1cccc(NC(=O)CCNS(=O)(=O)c2cccc(Cl)c2)n1. The number of carbonyl (C=O) groups is 1. The number of nitrogens with one attached hydrogen (secondary N) is 2. The van der Waals surface area contributed by atoms with Gasteiger partial charge in [0, 0.05) is 23.7 Å². The standard InChI is InChI=1S/C15H16ClN3O3S/c1-11-4-2-7-14(18-11)19-15(20)8-9-17-23(21,22)13-6-3-5-12(16)10-13/h2-7,10,17H,8-9H2,1H3,(H,18,19,20). The molecular weight excluding hydrogens is 338 g/mol. The zero-order valence-corrected chi connectivity index (χ0v) is 14.0. The molecule has 0 atom stereocenters. The fourth-order valence-corrected chi connectivity index (χ4v) is 3.17. The molecule has 0 spiro atoms. The molecule has 0 saturated heterocycles. The van der Waals surface area contributed by atoms with Crippen molar-refractivity contribution in [3.63, 3.8) is 0 Å². The summed E-state index contributed by atoms with van der Waals surface area (Å²) in [6, 6.07) is 11.2. The molecule has 0 radical (unpaired) electrons. The molecular formula is C15H16ClN3O3S. The van der Waals surface area contributed by atoms with Crippen LogP contribution >= 0.6 is 11.6 Å². The minimum Gasteiger partial charge on any atom is -0.311 e. The Hall–Kier alpha value is -1.96. The number of aromatic nitrogens is 1. The van der Waals surface area contributed by atoms with E-state index in [-0.39, 0.29) is 23.8 Å². The largest absolute Gasteiger partial charge is 0.311 e. The average Bonchev–Trinajstić information content (AvgIpc) is 2.47. The molecule has 6 nitrogen and oxygen atoms in total. The van der Waals surface area contributed by atoms with Crippen LogP contribution < -0.4 is 10.0 Å². The number of anilines is 1. The molecule has 0 aliphatic carbocycles. The van der Waals surface area contributed by atoms with Crippen molar-refractivity contribution < 1.29 is 13.2 Å². The summed E-state index contributed by atoms with van der Waals surface area (Å²) >= 11 is 5.78. The van der Waals surface area contributed by atoms with Crippen molar-refractivity contribution in [1.82, 2.24) is 9.71 Å². The number of benzene rings is 1. The number of amides is 1. The molecule has 0 aliphatic rings. The summed E-state index contributed by atoms with van der Waals surface area (Å²) in [5.74, 6) is 0.115. The van der Waals surface area contributed by atoms with E-state index in [4.69, 9.17) is 11.6 Å². The number of halogens is 1. The number of aryl methyl sites for hydroxylation is 1. The maximum absolute atomic E-state index is 12.1. The van der Waals surface area contributed by atoms with Crippen molar-refractivity contribution in [3.8, 4) is 0 Å². The van der Waals surface area contributed by atoms with Crippen LogP contribution in [0.3, 0.4) is 0 Å². The molecule has 1 aromatic carbocycles. The molecule has 2 N–H and O–H groups in total. The Balaban J connectivity index is 1.88. The van der Waals surface area contributed by atoms with Crippen LogP contribution in [-0.2, 0) is 14.8 Å². The number of carbonyl (C=O) groups excluding carboxylic acids is 1. The Kier molecular flexibility index (Phi) is 5.70. The van der Waals surface area contributed by atoms with E-state index in [0.717, 1.165) is 5.69 Å². The molecule has 0 fully saturated rings. The lowest BCUT2D eigenvalue weighted by Gasteiger charge is -2.08. The van der Waals surface area contributed by atoms with Crippen LogP contribution in [0.25, 0.3) is 0 Å². The van der Waals surface area contributed by atoms with Crippen molar-refractivity contribution in [3.05, 3.63) is 53.2 Å². The summed E-state index contributed by atoms with van der Waals surface area (Å²) in [7, 11) is -3.69. The van der Waals surface area contributed by atoms with E-state index in [1.54, 1.807) is 24.3 Å². The van der Waals surface area contributed by atoms with Gasteiger partial charge in [-0.05, 0) is 37.3 Å². The van der Waals surface area contributed by atoms with Gasteiger partial charge in [0.2, 0.25) is 15.9 Å². The topological polar surface area (TPSA) is 88.2 Å². The third-order valence-corrected chi connectivity index (χ3v) is 4.60. The van der Waals surface area contributed by atoms with Gasteiger partial charge in [-0.25, -0.2) is 18.1 Å². The normalized spacial score (nSPS) is 11.2. The highest BCUT2D eigenvalue weighted by molar-refractivity contribution is 7.89. The van der Waals surface area contributed by atoms with Gasteiger partial charge in [-0.1, -0.05) is 23.7 Å².